The second kappa shape index (κ2) is 12.5. The Hall–Kier alpha value is -3.90. The van der Waals surface area contributed by atoms with Crippen LogP contribution in [0.5, 0.6) is 0 Å². The highest BCUT2D eigenvalue weighted by Gasteiger charge is 2.23. The summed E-state index contributed by atoms with van der Waals surface area (Å²) in [7, 11) is 0. The molecule has 0 nitrogen and oxygen atoms in total. The predicted octanol–water partition coefficient (Wildman–Crippen LogP) is 13.9. The third-order valence-electron chi connectivity index (χ3n) is 13.4. The number of hydrogen-bond acceptors (Lipinski definition) is 0. The molecular formula is C48H58. The molecule has 0 bridgehead atoms. The van der Waals surface area contributed by atoms with Crippen molar-refractivity contribution in [3.8, 4) is 0 Å². The zero-order chi connectivity index (χ0) is 35.8. The fourth-order valence-corrected chi connectivity index (χ4v) is 8.45. The normalized spacial score (nSPS) is 12.2. The van der Waals surface area contributed by atoms with Gasteiger partial charge in [0.05, 0.1) is 0 Å². The van der Waals surface area contributed by atoms with Crippen LogP contribution in [0.15, 0.2) is 0 Å². The minimum Gasteiger partial charge on any atom is -0.0538 e. The Bertz CT molecular complexity index is 1970. The van der Waals surface area contributed by atoms with Gasteiger partial charge in [0.25, 0.3) is 0 Å². The van der Waals surface area contributed by atoms with E-state index in [4.69, 9.17) is 0 Å². The molecule has 0 atom stereocenters. The summed E-state index contributed by atoms with van der Waals surface area (Å²) in [5, 5.41) is 5.58. The van der Waals surface area contributed by atoms with Crippen LogP contribution in [0.25, 0.3) is 45.8 Å². The zero-order valence-electron chi connectivity index (χ0n) is 33.3. The van der Waals surface area contributed by atoms with Crippen molar-refractivity contribution in [2.45, 2.75) is 125 Å². The summed E-state index contributed by atoms with van der Waals surface area (Å²) in [4.78, 5) is 0. The Morgan fingerprint density at radius 2 is 0.312 bits per heavy atom. The highest BCUT2D eigenvalue weighted by molar-refractivity contribution is 6.18. The highest BCUT2D eigenvalue weighted by Crippen LogP contribution is 2.45. The first kappa shape index (κ1) is 35.4. The quantitative estimate of drug-likeness (QED) is 0.136. The standard InChI is InChI=1S/C48H58/c1-23-25(3)33(11)41(34(12)26(23)4)19-21-43-45-37(15)29(7)31(9)39(17)47(45)44(48-40(18)32(10)30(8)38(16)46(43)48)22-20-42-35(13)27(5)24(2)28(6)36(42)14/h19-22H,1-18H3. The van der Waals surface area contributed by atoms with E-state index in [-0.39, 0.29) is 0 Å². The molecule has 0 amide bonds. The SMILES string of the molecule is Cc1c(C)c(C)c(C=Cc2c3c(C)c(C)c(C)c(C)c3c(C=Cc3c(C)c(C)c(C)c(C)c3C)c3c(C)c(C)c(C)c(C)c23)c(C)c1C. The lowest BCUT2D eigenvalue weighted by atomic mass is 9.79. The Balaban J connectivity index is 2.04. The van der Waals surface area contributed by atoms with E-state index in [0.717, 1.165) is 0 Å². The summed E-state index contributed by atoms with van der Waals surface area (Å²) in [6, 6.07) is 0. The van der Waals surface area contributed by atoms with Gasteiger partial charge < -0.3 is 0 Å². The van der Waals surface area contributed by atoms with Gasteiger partial charge in [0.2, 0.25) is 0 Å². The van der Waals surface area contributed by atoms with E-state index in [1.807, 2.05) is 0 Å². The lowest BCUT2D eigenvalue weighted by molar-refractivity contribution is 1.16. The molecule has 250 valence electrons. The van der Waals surface area contributed by atoms with Gasteiger partial charge in [-0.15, -0.1) is 0 Å². The van der Waals surface area contributed by atoms with Crippen LogP contribution >= 0.6 is 0 Å². The van der Waals surface area contributed by atoms with E-state index in [9.17, 15) is 0 Å². The molecule has 0 aliphatic carbocycles. The molecular weight excluding hydrogens is 577 g/mol. The van der Waals surface area contributed by atoms with Crippen molar-refractivity contribution in [3.05, 3.63) is 122 Å². The molecule has 0 spiro atoms. The van der Waals surface area contributed by atoms with E-state index in [0.29, 0.717) is 0 Å². The molecule has 0 aromatic heterocycles. The minimum absolute atomic E-state index is 1.35. The fourth-order valence-electron chi connectivity index (χ4n) is 8.45. The lowest BCUT2D eigenvalue weighted by Gasteiger charge is -2.25. The van der Waals surface area contributed by atoms with E-state index >= 15 is 0 Å². The molecule has 48 heavy (non-hydrogen) atoms. The second-order valence-corrected chi connectivity index (χ2v) is 15.1. The first-order valence-electron chi connectivity index (χ1n) is 17.8. The monoisotopic (exact) mass is 634 g/mol. The Kier molecular flexibility index (Phi) is 9.24. The van der Waals surface area contributed by atoms with Gasteiger partial charge in [-0.25, -0.2) is 0 Å². The summed E-state index contributed by atoms with van der Waals surface area (Å²) in [5.74, 6) is 0. The smallest absolute Gasteiger partial charge is 0.00640 e. The van der Waals surface area contributed by atoms with Gasteiger partial charge >= 0.3 is 0 Å². The Morgan fingerprint density at radius 1 is 0.167 bits per heavy atom. The minimum atomic E-state index is 1.35. The highest BCUT2D eigenvalue weighted by atomic mass is 14.3. The number of hydrogen-bond donors (Lipinski definition) is 0. The molecule has 5 rings (SSSR count). The van der Waals surface area contributed by atoms with Gasteiger partial charge in [0.1, 0.15) is 0 Å². The molecule has 5 aromatic carbocycles. The molecule has 0 radical (unpaired) electrons. The number of fused-ring (bicyclic) bond motifs is 2. The summed E-state index contributed by atoms with van der Waals surface area (Å²) in [6.07, 6.45) is 9.77. The van der Waals surface area contributed by atoms with Gasteiger partial charge in [-0.1, -0.05) is 24.3 Å². The van der Waals surface area contributed by atoms with E-state index < -0.39 is 0 Å². The van der Waals surface area contributed by atoms with Crippen LogP contribution in [0.4, 0.5) is 0 Å². The maximum atomic E-state index is 2.46. The molecule has 0 aliphatic heterocycles. The topological polar surface area (TPSA) is 0 Å². The van der Waals surface area contributed by atoms with E-state index in [1.165, 1.54) is 144 Å². The Labute approximate surface area is 292 Å². The van der Waals surface area contributed by atoms with Crippen LogP contribution in [0.1, 0.15) is 122 Å². The van der Waals surface area contributed by atoms with Crippen LogP contribution in [-0.4, -0.2) is 0 Å². The van der Waals surface area contributed by atoms with Crippen LogP contribution in [-0.2, 0) is 0 Å². The van der Waals surface area contributed by atoms with Crippen molar-refractivity contribution >= 4 is 45.8 Å². The third kappa shape index (κ3) is 5.10. The lowest BCUT2D eigenvalue weighted by Crippen LogP contribution is -2.04. The summed E-state index contributed by atoms with van der Waals surface area (Å²) < 4.78 is 0. The number of aryl methyl sites for hydroxylation is 4. The fraction of sp³-hybridized carbons (Fsp3) is 0.375. The van der Waals surface area contributed by atoms with E-state index in [2.05, 4.69) is 149 Å². The Morgan fingerprint density at radius 3 is 0.521 bits per heavy atom. The largest absolute Gasteiger partial charge is 0.0538 e. The molecule has 0 aliphatic rings. The average Bonchev–Trinajstić information content (AvgIpc) is 3.07. The summed E-state index contributed by atoms with van der Waals surface area (Å²) in [5.41, 5.74) is 30.5. The van der Waals surface area contributed by atoms with Crippen molar-refractivity contribution in [1.29, 1.82) is 0 Å². The van der Waals surface area contributed by atoms with Crippen LogP contribution in [0, 0.1) is 125 Å². The molecule has 0 saturated heterocycles. The molecule has 5 aromatic rings. The van der Waals surface area contributed by atoms with Crippen LogP contribution in [0.2, 0.25) is 0 Å². The van der Waals surface area contributed by atoms with Gasteiger partial charge in [0.15, 0.2) is 0 Å². The van der Waals surface area contributed by atoms with Crippen molar-refractivity contribution in [1.82, 2.24) is 0 Å². The van der Waals surface area contributed by atoms with Crippen molar-refractivity contribution in [2.24, 2.45) is 0 Å². The molecule has 0 unspecified atom stereocenters. The maximum absolute atomic E-state index is 2.46. The molecule has 0 heteroatoms. The second-order valence-electron chi connectivity index (χ2n) is 15.1. The van der Waals surface area contributed by atoms with Crippen LogP contribution < -0.4 is 0 Å². The summed E-state index contributed by atoms with van der Waals surface area (Å²) >= 11 is 0. The zero-order valence-corrected chi connectivity index (χ0v) is 33.3. The molecule has 0 heterocycles. The van der Waals surface area contributed by atoms with Crippen molar-refractivity contribution < 1.29 is 0 Å². The average molecular weight is 635 g/mol. The number of rotatable bonds is 4. The van der Waals surface area contributed by atoms with Gasteiger partial charge in [-0.2, -0.15) is 0 Å². The van der Waals surface area contributed by atoms with Gasteiger partial charge in [0, 0.05) is 0 Å². The number of benzene rings is 5. The predicted molar refractivity (Wildman–Crippen MR) is 217 cm³/mol. The van der Waals surface area contributed by atoms with Crippen LogP contribution in [0.3, 0.4) is 0 Å². The summed E-state index contributed by atoms with van der Waals surface area (Å²) in [6.45, 7) is 41.5. The first-order valence-corrected chi connectivity index (χ1v) is 17.8. The molecule has 0 fully saturated rings. The molecule has 0 saturated carbocycles. The van der Waals surface area contributed by atoms with Gasteiger partial charge in [-0.3, -0.25) is 0 Å². The third-order valence-corrected chi connectivity index (χ3v) is 13.4. The molecule has 0 N–H and O–H groups in total. The van der Waals surface area contributed by atoms with E-state index in [1.54, 1.807) is 0 Å². The van der Waals surface area contributed by atoms with Gasteiger partial charge in [-0.05, 0) is 269 Å². The first-order chi connectivity index (χ1) is 22.4. The van der Waals surface area contributed by atoms with Crippen molar-refractivity contribution in [3.63, 3.8) is 0 Å². The maximum Gasteiger partial charge on any atom is -0.00640 e. The van der Waals surface area contributed by atoms with Crippen molar-refractivity contribution in [2.75, 3.05) is 0 Å².